The summed E-state index contributed by atoms with van der Waals surface area (Å²) < 4.78 is 0. The van der Waals surface area contributed by atoms with E-state index in [0.29, 0.717) is 12.1 Å². The predicted octanol–water partition coefficient (Wildman–Crippen LogP) is 3.46. The average molecular weight is 262 g/mol. The molecule has 5 nitrogen and oxygen atoms in total. The number of hydrogen-bond acceptors (Lipinski definition) is 3. The summed E-state index contributed by atoms with van der Waals surface area (Å²) >= 11 is 0. The van der Waals surface area contributed by atoms with Crippen molar-refractivity contribution in [2.24, 2.45) is 5.41 Å². The minimum absolute atomic E-state index is 0.0380. The molecule has 1 N–H and O–H groups in total. The molecule has 0 fully saturated rings. The third-order valence-corrected chi connectivity index (χ3v) is 3.38. The standard InChI is InChI=1S/C14H18N2O3/c1-14(2,3)7-6-10-11-8-9(16(18)19)4-5-12(11)15-13(10)17/h4-5,8,10H,6-7H2,1-3H3,(H,15,17). The summed E-state index contributed by atoms with van der Waals surface area (Å²) in [6.45, 7) is 6.36. The summed E-state index contributed by atoms with van der Waals surface area (Å²) in [5.74, 6) is -0.325. The van der Waals surface area contributed by atoms with Crippen LogP contribution in [0.15, 0.2) is 18.2 Å². The minimum Gasteiger partial charge on any atom is -0.325 e. The molecule has 19 heavy (non-hydrogen) atoms. The maximum absolute atomic E-state index is 11.9. The molecule has 1 amide bonds. The molecule has 0 saturated heterocycles. The fraction of sp³-hybridized carbons (Fsp3) is 0.500. The molecule has 0 bridgehead atoms. The van der Waals surface area contributed by atoms with Gasteiger partial charge in [-0.15, -0.1) is 0 Å². The smallest absolute Gasteiger partial charge is 0.269 e. The Bertz CT molecular complexity index is 532. The van der Waals surface area contributed by atoms with E-state index in [1.807, 2.05) is 0 Å². The maximum Gasteiger partial charge on any atom is 0.269 e. The summed E-state index contributed by atoms with van der Waals surface area (Å²) in [5, 5.41) is 13.6. The summed E-state index contributed by atoms with van der Waals surface area (Å²) in [7, 11) is 0. The molecule has 1 aliphatic rings. The van der Waals surface area contributed by atoms with Crippen molar-refractivity contribution in [2.75, 3.05) is 5.32 Å². The van der Waals surface area contributed by atoms with E-state index >= 15 is 0 Å². The lowest BCUT2D eigenvalue weighted by Gasteiger charge is -2.19. The van der Waals surface area contributed by atoms with E-state index in [4.69, 9.17) is 0 Å². The molecule has 1 aliphatic heterocycles. The molecule has 1 atom stereocenters. The zero-order chi connectivity index (χ0) is 14.2. The van der Waals surface area contributed by atoms with Crippen molar-refractivity contribution in [3.05, 3.63) is 33.9 Å². The molecule has 1 heterocycles. The van der Waals surface area contributed by atoms with E-state index in [1.54, 1.807) is 6.07 Å². The SMILES string of the molecule is CC(C)(C)CCC1C(=O)Nc2ccc([N+](=O)[O-])cc21. The maximum atomic E-state index is 11.9. The molecule has 0 radical (unpaired) electrons. The number of benzene rings is 1. The fourth-order valence-electron chi connectivity index (χ4n) is 2.29. The molecule has 0 saturated carbocycles. The second-order valence-corrected chi connectivity index (χ2v) is 6.17. The lowest BCUT2D eigenvalue weighted by Crippen LogP contribution is -2.15. The Hall–Kier alpha value is -1.91. The van der Waals surface area contributed by atoms with Gasteiger partial charge >= 0.3 is 0 Å². The van der Waals surface area contributed by atoms with Crippen molar-refractivity contribution in [3.8, 4) is 0 Å². The van der Waals surface area contributed by atoms with E-state index in [2.05, 4.69) is 26.1 Å². The first-order valence-corrected chi connectivity index (χ1v) is 6.37. The summed E-state index contributed by atoms with van der Waals surface area (Å²) in [5.41, 5.74) is 1.64. The first kappa shape index (κ1) is 13.5. The van der Waals surface area contributed by atoms with Gasteiger partial charge in [-0.2, -0.15) is 0 Å². The molecular formula is C14H18N2O3. The Kier molecular flexibility index (Phi) is 3.30. The van der Waals surface area contributed by atoms with E-state index in [9.17, 15) is 14.9 Å². The van der Waals surface area contributed by atoms with E-state index in [0.717, 1.165) is 12.0 Å². The number of amides is 1. The number of nitro benzene ring substituents is 1. The average Bonchev–Trinajstić information content (AvgIpc) is 2.60. The Labute approximate surface area is 112 Å². The van der Waals surface area contributed by atoms with Crippen molar-refractivity contribution in [2.45, 2.75) is 39.5 Å². The van der Waals surface area contributed by atoms with Gasteiger partial charge in [0.2, 0.25) is 5.91 Å². The monoisotopic (exact) mass is 262 g/mol. The van der Waals surface area contributed by atoms with Crippen LogP contribution >= 0.6 is 0 Å². The van der Waals surface area contributed by atoms with Gasteiger partial charge in [-0.25, -0.2) is 0 Å². The van der Waals surface area contributed by atoms with Crippen LogP contribution in [-0.2, 0) is 4.79 Å². The van der Waals surface area contributed by atoms with Crippen molar-refractivity contribution in [1.29, 1.82) is 0 Å². The molecule has 2 rings (SSSR count). The molecule has 1 aromatic carbocycles. The number of carbonyl (C=O) groups is 1. The van der Waals surface area contributed by atoms with Crippen LogP contribution in [-0.4, -0.2) is 10.8 Å². The highest BCUT2D eigenvalue weighted by Crippen LogP contribution is 2.39. The van der Waals surface area contributed by atoms with Crippen LogP contribution in [0, 0.1) is 15.5 Å². The second kappa shape index (κ2) is 4.64. The number of non-ortho nitro benzene ring substituents is 1. The topological polar surface area (TPSA) is 72.2 Å². The van der Waals surface area contributed by atoms with Crippen molar-refractivity contribution in [1.82, 2.24) is 0 Å². The number of hydrogen-bond donors (Lipinski definition) is 1. The van der Waals surface area contributed by atoms with Crippen molar-refractivity contribution in [3.63, 3.8) is 0 Å². The lowest BCUT2D eigenvalue weighted by atomic mass is 9.85. The predicted molar refractivity (Wildman–Crippen MR) is 73.2 cm³/mol. The third-order valence-electron chi connectivity index (χ3n) is 3.38. The van der Waals surface area contributed by atoms with Gasteiger partial charge < -0.3 is 5.32 Å². The number of rotatable bonds is 3. The van der Waals surface area contributed by atoms with Crippen LogP contribution in [0.4, 0.5) is 11.4 Å². The van der Waals surface area contributed by atoms with Gasteiger partial charge in [0.25, 0.3) is 5.69 Å². The number of carbonyl (C=O) groups excluding carboxylic acids is 1. The molecule has 0 aliphatic carbocycles. The third kappa shape index (κ3) is 2.92. The minimum atomic E-state index is -0.427. The van der Waals surface area contributed by atoms with Gasteiger partial charge in [0.1, 0.15) is 0 Å². The summed E-state index contributed by atoms with van der Waals surface area (Å²) in [6, 6.07) is 4.55. The Morgan fingerprint density at radius 3 is 2.63 bits per heavy atom. The van der Waals surface area contributed by atoms with Gasteiger partial charge in [0, 0.05) is 17.8 Å². The molecule has 0 spiro atoms. The normalized spacial score (nSPS) is 18.1. The largest absolute Gasteiger partial charge is 0.325 e. The van der Waals surface area contributed by atoms with Gasteiger partial charge in [-0.05, 0) is 29.9 Å². The summed E-state index contributed by atoms with van der Waals surface area (Å²) in [4.78, 5) is 22.3. The lowest BCUT2D eigenvalue weighted by molar-refractivity contribution is -0.384. The molecule has 1 aromatic rings. The Balaban J connectivity index is 2.26. The number of anilines is 1. The van der Waals surface area contributed by atoms with E-state index in [1.165, 1.54) is 12.1 Å². The molecular weight excluding hydrogens is 244 g/mol. The quantitative estimate of drug-likeness (QED) is 0.669. The summed E-state index contributed by atoms with van der Waals surface area (Å²) in [6.07, 6.45) is 1.61. The Morgan fingerprint density at radius 1 is 1.37 bits per heavy atom. The van der Waals surface area contributed by atoms with Crippen molar-refractivity contribution >= 4 is 17.3 Å². The molecule has 1 unspecified atom stereocenters. The van der Waals surface area contributed by atoms with Gasteiger partial charge in [0.15, 0.2) is 0 Å². The number of nitrogens with one attached hydrogen (secondary N) is 1. The fourth-order valence-corrected chi connectivity index (χ4v) is 2.29. The zero-order valence-electron chi connectivity index (χ0n) is 11.4. The van der Waals surface area contributed by atoms with Crippen LogP contribution in [0.2, 0.25) is 0 Å². The second-order valence-electron chi connectivity index (χ2n) is 6.17. The molecule has 0 aromatic heterocycles. The van der Waals surface area contributed by atoms with Crippen molar-refractivity contribution < 1.29 is 9.72 Å². The van der Waals surface area contributed by atoms with Gasteiger partial charge in [0.05, 0.1) is 10.8 Å². The van der Waals surface area contributed by atoms with Crippen LogP contribution < -0.4 is 5.32 Å². The van der Waals surface area contributed by atoms with E-state index < -0.39 is 4.92 Å². The Morgan fingerprint density at radius 2 is 2.05 bits per heavy atom. The van der Waals surface area contributed by atoms with Gasteiger partial charge in [-0.1, -0.05) is 20.8 Å². The van der Waals surface area contributed by atoms with Crippen LogP contribution in [0.1, 0.15) is 45.1 Å². The zero-order valence-corrected chi connectivity index (χ0v) is 11.4. The van der Waals surface area contributed by atoms with Crippen LogP contribution in [0.25, 0.3) is 0 Å². The number of fused-ring (bicyclic) bond motifs is 1. The van der Waals surface area contributed by atoms with Crippen LogP contribution in [0.3, 0.4) is 0 Å². The highest BCUT2D eigenvalue weighted by molar-refractivity contribution is 6.03. The highest BCUT2D eigenvalue weighted by atomic mass is 16.6. The van der Waals surface area contributed by atoms with Crippen LogP contribution in [0.5, 0.6) is 0 Å². The number of nitro groups is 1. The number of nitrogens with zero attached hydrogens (tertiary/aromatic N) is 1. The first-order chi connectivity index (χ1) is 8.78. The highest BCUT2D eigenvalue weighted by Gasteiger charge is 2.32. The molecule has 102 valence electrons. The van der Waals surface area contributed by atoms with Gasteiger partial charge in [-0.3, -0.25) is 14.9 Å². The molecule has 5 heteroatoms. The first-order valence-electron chi connectivity index (χ1n) is 6.37. The van der Waals surface area contributed by atoms with E-state index in [-0.39, 0.29) is 22.9 Å².